The van der Waals surface area contributed by atoms with Gasteiger partial charge in [-0.2, -0.15) is 0 Å². The second-order valence-electron chi connectivity index (χ2n) is 8.63. The average Bonchev–Trinajstić information content (AvgIpc) is 3.16. The molecule has 2 aromatic rings. The van der Waals surface area contributed by atoms with Crippen molar-refractivity contribution >= 4 is 33.2 Å². The number of rotatable bonds is 5. The molecule has 2 unspecified atom stereocenters. The Bertz CT molecular complexity index is 856. The van der Waals surface area contributed by atoms with Crippen molar-refractivity contribution in [3.05, 3.63) is 39.8 Å². The molecule has 0 aliphatic carbocycles. The van der Waals surface area contributed by atoms with Crippen molar-refractivity contribution in [2.75, 3.05) is 32.7 Å². The van der Waals surface area contributed by atoms with Crippen LogP contribution >= 0.6 is 27.3 Å². The molecule has 0 spiro atoms. The van der Waals surface area contributed by atoms with E-state index >= 15 is 0 Å². The Hall–Kier alpha value is -1.28. The molecule has 0 N–H and O–H groups in total. The molecule has 7 heteroatoms. The molecule has 2 saturated heterocycles. The highest BCUT2D eigenvalue weighted by molar-refractivity contribution is 9.10. The van der Waals surface area contributed by atoms with E-state index in [1.54, 1.807) is 11.3 Å². The van der Waals surface area contributed by atoms with Crippen LogP contribution in [0.25, 0.3) is 10.6 Å². The number of piperidine rings is 1. The van der Waals surface area contributed by atoms with Crippen molar-refractivity contribution in [3.8, 4) is 10.6 Å². The molecular weight excluding hydrogens is 462 g/mol. The van der Waals surface area contributed by atoms with Crippen LogP contribution in [0.2, 0.25) is 0 Å². The first kappa shape index (κ1) is 21.9. The Balaban J connectivity index is 1.26. The number of aromatic nitrogens is 1. The summed E-state index contributed by atoms with van der Waals surface area (Å²) in [5.74, 6) is 0.877. The molecule has 30 heavy (non-hydrogen) atoms. The van der Waals surface area contributed by atoms with Gasteiger partial charge in [-0.25, -0.2) is 4.98 Å². The fourth-order valence-corrected chi connectivity index (χ4v) is 5.79. The minimum absolute atomic E-state index is 0.202. The zero-order chi connectivity index (χ0) is 21.1. The molecule has 2 aliphatic heterocycles. The number of thiazole rings is 1. The van der Waals surface area contributed by atoms with E-state index in [2.05, 4.69) is 46.8 Å². The Morgan fingerprint density at radius 2 is 1.97 bits per heavy atom. The first-order valence-electron chi connectivity index (χ1n) is 10.8. The number of nitrogens with zero attached hydrogens (tertiary/aromatic N) is 3. The highest BCUT2D eigenvalue weighted by Gasteiger charge is 2.28. The molecule has 2 fully saturated rings. The predicted molar refractivity (Wildman–Crippen MR) is 125 cm³/mol. The third-order valence-electron chi connectivity index (χ3n) is 5.93. The van der Waals surface area contributed by atoms with Crippen molar-refractivity contribution in [2.24, 2.45) is 5.92 Å². The van der Waals surface area contributed by atoms with Crippen LogP contribution in [0.1, 0.15) is 32.4 Å². The van der Waals surface area contributed by atoms with Crippen LogP contribution in [-0.4, -0.2) is 65.6 Å². The fourth-order valence-electron chi connectivity index (χ4n) is 4.57. The van der Waals surface area contributed by atoms with Gasteiger partial charge in [0.25, 0.3) is 0 Å². The Kier molecular flexibility index (Phi) is 7.24. The van der Waals surface area contributed by atoms with Crippen molar-refractivity contribution in [1.82, 2.24) is 14.8 Å². The summed E-state index contributed by atoms with van der Waals surface area (Å²) in [6.07, 6.45) is 3.21. The average molecular weight is 492 g/mol. The smallest absolute Gasteiger partial charge is 0.228 e. The molecule has 5 nitrogen and oxygen atoms in total. The van der Waals surface area contributed by atoms with Gasteiger partial charge in [-0.1, -0.05) is 28.1 Å². The normalized spacial score (nSPS) is 23.6. The summed E-state index contributed by atoms with van der Waals surface area (Å²) < 4.78 is 6.88. The van der Waals surface area contributed by atoms with Gasteiger partial charge in [0.1, 0.15) is 5.01 Å². The molecule has 1 amide bonds. The summed E-state index contributed by atoms with van der Waals surface area (Å²) in [6, 6.07) is 8.13. The van der Waals surface area contributed by atoms with Gasteiger partial charge in [-0.15, -0.1) is 11.3 Å². The van der Waals surface area contributed by atoms with Gasteiger partial charge >= 0.3 is 0 Å². The summed E-state index contributed by atoms with van der Waals surface area (Å²) in [5.41, 5.74) is 1.96. The number of hydrogen-bond donors (Lipinski definition) is 0. The zero-order valence-corrected chi connectivity index (χ0v) is 20.1. The number of ether oxygens (including phenoxy) is 1. The quantitative estimate of drug-likeness (QED) is 0.619. The lowest BCUT2D eigenvalue weighted by Crippen LogP contribution is -2.48. The number of amides is 1. The van der Waals surface area contributed by atoms with Crippen LogP contribution in [0.5, 0.6) is 0 Å². The van der Waals surface area contributed by atoms with E-state index in [9.17, 15) is 4.79 Å². The summed E-state index contributed by atoms with van der Waals surface area (Å²) in [5, 5.41) is 2.98. The molecule has 3 heterocycles. The molecule has 4 rings (SSSR count). The highest BCUT2D eigenvalue weighted by Crippen LogP contribution is 2.27. The molecular formula is C23H30BrN3O2S. The maximum absolute atomic E-state index is 12.8. The molecule has 0 saturated carbocycles. The van der Waals surface area contributed by atoms with Gasteiger partial charge in [0, 0.05) is 48.1 Å². The lowest BCUT2D eigenvalue weighted by Gasteiger charge is -2.39. The van der Waals surface area contributed by atoms with Crippen molar-refractivity contribution in [1.29, 1.82) is 0 Å². The number of benzene rings is 1. The Labute approximate surface area is 191 Å². The first-order valence-corrected chi connectivity index (χ1v) is 12.5. The molecule has 0 bridgehead atoms. The number of carbonyl (C=O) groups excluding carboxylic acids is 1. The van der Waals surface area contributed by atoms with Gasteiger partial charge in [0.2, 0.25) is 5.91 Å². The number of carbonyl (C=O) groups is 1. The second-order valence-corrected chi connectivity index (χ2v) is 10.4. The van der Waals surface area contributed by atoms with E-state index in [-0.39, 0.29) is 5.91 Å². The van der Waals surface area contributed by atoms with E-state index in [1.807, 2.05) is 22.4 Å². The van der Waals surface area contributed by atoms with Crippen molar-refractivity contribution in [3.63, 3.8) is 0 Å². The van der Waals surface area contributed by atoms with E-state index in [0.717, 1.165) is 66.3 Å². The summed E-state index contributed by atoms with van der Waals surface area (Å²) in [6.45, 7) is 9.21. The minimum Gasteiger partial charge on any atom is -0.373 e. The topological polar surface area (TPSA) is 45.7 Å². The molecule has 2 atom stereocenters. The van der Waals surface area contributed by atoms with E-state index in [1.165, 1.54) is 0 Å². The van der Waals surface area contributed by atoms with Gasteiger partial charge in [-0.3, -0.25) is 9.69 Å². The van der Waals surface area contributed by atoms with Crippen molar-refractivity contribution in [2.45, 2.75) is 45.3 Å². The molecule has 1 aromatic heterocycles. The van der Waals surface area contributed by atoms with Crippen LogP contribution in [0, 0.1) is 5.92 Å². The molecule has 162 valence electrons. The maximum Gasteiger partial charge on any atom is 0.228 e. The lowest BCUT2D eigenvalue weighted by molar-refractivity contribution is -0.132. The van der Waals surface area contributed by atoms with E-state index in [0.29, 0.717) is 24.5 Å². The molecule has 0 radical (unpaired) electrons. The summed E-state index contributed by atoms with van der Waals surface area (Å²) >= 11 is 5.11. The third-order valence-corrected chi connectivity index (χ3v) is 7.37. The predicted octanol–water partition coefficient (Wildman–Crippen LogP) is 4.46. The van der Waals surface area contributed by atoms with Crippen molar-refractivity contribution < 1.29 is 9.53 Å². The number of hydrogen-bond acceptors (Lipinski definition) is 5. The van der Waals surface area contributed by atoms with Gasteiger partial charge < -0.3 is 9.64 Å². The largest absolute Gasteiger partial charge is 0.373 e. The first-order chi connectivity index (χ1) is 14.5. The second kappa shape index (κ2) is 9.90. The van der Waals surface area contributed by atoms with E-state index in [4.69, 9.17) is 9.72 Å². The fraction of sp³-hybridized carbons (Fsp3) is 0.565. The van der Waals surface area contributed by atoms with E-state index < -0.39 is 0 Å². The monoisotopic (exact) mass is 491 g/mol. The Morgan fingerprint density at radius 1 is 1.23 bits per heavy atom. The van der Waals surface area contributed by atoms with Gasteiger partial charge in [0.05, 0.1) is 24.3 Å². The highest BCUT2D eigenvalue weighted by atomic mass is 79.9. The van der Waals surface area contributed by atoms with Crippen LogP contribution < -0.4 is 0 Å². The number of halogens is 1. The lowest BCUT2D eigenvalue weighted by atomic mass is 9.95. The minimum atomic E-state index is 0.202. The van der Waals surface area contributed by atoms with Crippen LogP contribution in [0.15, 0.2) is 34.1 Å². The Morgan fingerprint density at radius 3 is 2.67 bits per heavy atom. The standard InChI is InChI=1S/C23H30BrN3O2S/c1-16-12-26(13-17(2)29-16)14-18-6-8-27(9-7-18)22(28)11-21-15-30-23(25-21)19-4-3-5-20(24)10-19/h3-5,10,15-18H,6-9,11-14H2,1-2H3. The zero-order valence-electron chi connectivity index (χ0n) is 17.7. The van der Waals surface area contributed by atoms with Crippen LogP contribution in [-0.2, 0) is 16.0 Å². The molecule has 2 aliphatic rings. The SMILES string of the molecule is CC1CN(CC2CCN(C(=O)Cc3csc(-c4cccc(Br)c4)n3)CC2)CC(C)O1. The van der Waals surface area contributed by atoms with Gasteiger partial charge in [0.15, 0.2) is 0 Å². The number of morpholine rings is 1. The summed E-state index contributed by atoms with van der Waals surface area (Å²) in [4.78, 5) is 22.1. The third kappa shape index (κ3) is 5.69. The number of likely N-dealkylation sites (tertiary alicyclic amines) is 1. The maximum atomic E-state index is 12.8. The van der Waals surface area contributed by atoms with Crippen LogP contribution in [0.3, 0.4) is 0 Å². The molecule has 1 aromatic carbocycles. The summed E-state index contributed by atoms with van der Waals surface area (Å²) in [7, 11) is 0. The van der Waals surface area contributed by atoms with Crippen LogP contribution in [0.4, 0.5) is 0 Å². The van der Waals surface area contributed by atoms with Gasteiger partial charge in [-0.05, 0) is 44.7 Å².